The summed E-state index contributed by atoms with van der Waals surface area (Å²) >= 11 is 0. The Hall–Kier alpha value is -2.76. The van der Waals surface area contributed by atoms with Gasteiger partial charge < -0.3 is 19.0 Å². The summed E-state index contributed by atoms with van der Waals surface area (Å²) in [5.74, 6) is 1.06. The van der Waals surface area contributed by atoms with Crippen LogP contribution < -0.4 is 4.74 Å². The van der Waals surface area contributed by atoms with E-state index >= 15 is 0 Å². The maximum Gasteiger partial charge on any atom is 0.289 e. The lowest BCUT2D eigenvalue weighted by atomic mass is 9.95. The number of hydrogen-bond acceptors (Lipinski definition) is 4. The zero-order valence-corrected chi connectivity index (χ0v) is 13.9. The lowest BCUT2D eigenvalue weighted by Crippen LogP contribution is -2.53. The van der Waals surface area contributed by atoms with Crippen LogP contribution in [0.25, 0.3) is 0 Å². The summed E-state index contributed by atoms with van der Waals surface area (Å²) in [6.07, 6.45) is 2.20. The van der Waals surface area contributed by atoms with E-state index in [1.807, 2.05) is 29.2 Å². The number of amides is 2. The van der Waals surface area contributed by atoms with Crippen molar-refractivity contribution >= 4 is 11.8 Å². The molecular formula is C19H20N2O4. The zero-order chi connectivity index (χ0) is 17.2. The van der Waals surface area contributed by atoms with Crippen LogP contribution >= 0.6 is 0 Å². The number of carbonyl (C=O) groups excluding carboxylic acids is 2. The van der Waals surface area contributed by atoms with Crippen LogP contribution in [0.15, 0.2) is 47.1 Å². The van der Waals surface area contributed by atoms with Gasteiger partial charge in [-0.25, -0.2) is 0 Å². The van der Waals surface area contributed by atoms with Gasteiger partial charge >= 0.3 is 0 Å². The van der Waals surface area contributed by atoms with Crippen LogP contribution in [0.1, 0.15) is 16.1 Å². The molecule has 4 rings (SSSR count). The van der Waals surface area contributed by atoms with E-state index in [2.05, 4.69) is 0 Å². The fraction of sp³-hybridized carbons (Fsp3) is 0.368. The van der Waals surface area contributed by atoms with Gasteiger partial charge in [-0.05, 0) is 30.2 Å². The first-order valence-corrected chi connectivity index (χ1v) is 8.54. The molecule has 0 saturated carbocycles. The zero-order valence-electron chi connectivity index (χ0n) is 13.9. The highest BCUT2D eigenvalue weighted by atomic mass is 16.5. The third-order valence-electron chi connectivity index (χ3n) is 4.84. The highest BCUT2D eigenvalue weighted by Gasteiger charge is 2.32. The number of hydrogen-bond donors (Lipinski definition) is 0. The molecule has 1 saturated heterocycles. The topological polar surface area (TPSA) is 63.0 Å². The van der Waals surface area contributed by atoms with Gasteiger partial charge in [0.05, 0.1) is 12.2 Å². The number of piperazine rings is 1. The van der Waals surface area contributed by atoms with Crippen LogP contribution in [0, 0.1) is 5.92 Å². The molecule has 1 fully saturated rings. The Morgan fingerprint density at radius 3 is 2.48 bits per heavy atom. The SMILES string of the molecule is O=C(c1ccco1)N1CCN(C(=O)[C@@H]2COc3ccccc3C2)CC1. The van der Waals surface area contributed by atoms with Crippen LogP contribution in [-0.2, 0) is 11.2 Å². The molecule has 0 unspecified atom stereocenters. The standard InChI is InChI=1S/C19H20N2O4/c22-18(15-12-14-4-1-2-5-16(14)25-13-15)20-7-9-21(10-8-20)19(23)17-6-3-11-24-17/h1-6,11,15H,7-10,12-13H2/t15-/m0/s1. The monoisotopic (exact) mass is 340 g/mol. The molecule has 2 aliphatic rings. The molecule has 0 aliphatic carbocycles. The summed E-state index contributed by atoms with van der Waals surface area (Å²) in [7, 11) is 0. The molecule has 2 aliphatic heterocycles. The van der Waals surface area contributed by atoms with E-state index in [0.29, 0.717) is 45.0 Å². The Morgan fingerprint density at radius 2 is 1.72 bits per heavy atom. The second-order valence-electron chi connectivity index (χ2n) is 6.41. The molecule has 2 amide bonds. The molecular weight excluding hydrogens is 320 g/mol. The van der Waals surface area contributed by atoms with Crippen LogP contribution in [0.2, 0.25) is 0 Å². The first-order valence-electron chi connectivity index (χ1n) is 8.54. The summed E-state index contributed by atoms with van der Waals surface area (Å²) in [5.41, 5.74) is 1.08. The molecule has 0 N–H and O–H groups in total. The number of benzene rings is 1. The van der Waals surface area contributed by atoms with E-state index in [4.69, 9.17) is 9.15 Å². The third kappa shape index (κ3) is 3.12. The molecule has 130 valence electrons. The van der Waals surface area contributed by atoms with Crippen molar-refractivity contribution < 1.29 is 18.7 Å². The molecule has 0 bridgehead atoms. The summed E-state index contributed by atoms with van der Waals surface area (Å²) < 4.78 is 10.9. The van der Waals surface area contributed by atoms with Crippen molar-refractivity contribution in [3.8, 4) is 5.75 Å². The minimum atomic E-state index is -0.151. The average Bonchev–Trinajstić information content (AvgIpc) is 3.21. The van der Waals surface area contributed by atoms with Gasteiger partial charge in [-0.15, -0.1) is 0 Å². The second-order valence-corrected chi connectivity index (χ2v) is 6.41. The summed E-state index contributed by atoms with van der Waals surface area (Å²) in [4.78, 5) is 28.6. The molecule has 1 atom stereocenters. The summed E-state index contributed by atoms with van der Waals surface area (Å²) in [6.45, 7) is 2.55. The number of fused-ring (bicyclic) bond motifs is 1. The molecule has 1 aromatic heterocycles. The normalized spacial score (nSPS) is 19.9. The molecule has 1 aromatic carbocycles. The summed E-state index contributed by atoms with van der Waals surface area (Å²) in [6, 6.07) is 11.2. The van der Waals surface area contributed by atoms with Crippen molar-refractivity contribution in [1.82, 2.24) is 9.80 Å². The molecule has 3 heterocycles. The van der Waals surface area contributed by atoms with E-state index in [1.165, 1.54) is 6.26 Å². The van der Waals surface area contributed by atoms with Crippen LogP contribution in [0.3, 0.4) is 0 Å². The predicted octanol–water partition coefficient (Wildman–Crippen LogP) is 1.82. The largest absolute Gasteiger partial charge is 0.492 e. The van der Waals surface area contributed by atoms with E-state index in [0.717, 1.165) is 11.3 Å². The number of para-hydroxylation sites is 1. The fourth-order valence-electron chi connectivity index (χ4n) is 3.43. The smallest absolute Gasteiger partial charge is 0.289 e. The predicted molar refractivity (Wildman–Crippen MR) is 90.3 cm³/mol. The maximum atomic E-state index is 12.8. The molecule has 0 spiro atoms. The number of rotatable bonds is 2. The van der Waals surface area contributed by atoms with Crippen LogP contribution in [0.5, 0.6) is 5.75 Å². The molecule has 0 radical (unpaired) electrons. The van der Waals surface area contributed by atoms with Gasteiger partial charge in [-0.2, -0.15) is 0 Å². The Balaban J connectivity index is 1.35. The van der Waals surface area contributed by atoms with Gasteiger partial charge in [0.2, 0.25) is 5.91 Å². The lowest BCUT2D eigenvalue weighted by molar-refractivity contribution is -0.138. The highest BCUT2D eigenvalue weighted by Crippen LogP contribution is 2.28. The van der Waals surface area contributed by atoms with Crippen LogP contribution in [0.4, 0.5) is 0 Å². The summed E-state index contributed by atoms with van der Waals surface area (Å²) in [5, 5.41) is 0. The van der Waals surface area contributed by atoms with Crippen LogP contribution in [-0.4, -0.2) is 54.4 Å². The van der Waals surface area contributed by atoms with Crippen molar-refractivity contribution in [2.24, 2.45) is 5.92 Å². The number of furan rings is 1. The lowest BCUT2D eigenvalue weighted by Gasteiger charge is -2.37. The Kier molecular flexibility index (Phi) is 4.17. The fourth-order valence-corrected chi connectivity index (χ4v) is 3.43. The van der Waals surface area contributed by atoms with Crippen molar-refractivity contribution in [2.75, 3.05) is 32.8 Å². The number of ether oxygens (including phenoxy) is 1. The van der Waals surface area contributed by atoms with Gasteiger partial charge in [0, 0.05) is 26.2 Å². The minimum absolute atomic E-state index is 0.111. The quantitative estimate of drug-likeness (QED) is 0.836. The van der Waals surface area contributed by atoms with E-state index < -0.39 is 0 Å². The molecule has 25 heavy (non-hydrogen) atoms. The van der Waals surface area contributed by atoms with Crippen molar-refractivity contribution in [1.29, 1.82) is 0 Å². The first kappa shape index (κ1) is 15.7. The van der Waals surface area contributed by atoms with Gasteiger partial charge in [0.25, 0.3) is 5.91 Å². The minimum Gasteiger partial charge on any atom is -0.492 e. The maximum absolute atomic E-state index is 12.8. The first-order chi connectivity index (χ1) is 12.2. The molecule has 2 aromatic rings. The highest BCUT2D eigenvalue weighted by molar-refractivity contribution is 5.91. The van der Waals surface area contributed by atoms with Crippen molar-refractivity contribution in [3.05, 3.63) is 54.0 Å². The van der Waals surface area contributed by atoms with Gasteiger partial charge in [0.15, 0.2) is 5.76 Å². The van der Waals surface area contributed by atoms with E-state index in [-0.39, 0.29) is 17.7 Å². The van der Waals surface area contributed by atoms with Gasteiger partial charge in [0.1, 0.15) is 12.4 Å². The van der Waals surface area contributed by atoms with E-state index in [9.17, 15) is 9.59 Å². The van der Waals surface area contributed by atoms with Crippen molar-refractivity contribution in [2.45, 2.75) is 6.42 Å². The second kappa shape index (κ2) is 6.63. The Labute approximate surface area is 146 Å². The molecule has 6 heteroatoms. The van der Waals surface area contributed by atoms with E-state index in [1.54, 1.807) is 17.0 Å². The van der Waals surface area contributed by atoms with Gasteiger partial charge in [-0.3, -0.25) is 9.59 Å². The Bertz CT molecular complexity index is 763. The average molecular weight is 340 g/mol. The Morgan fingerprint density at radius 1 is 0.960 bits per heavy atom. The van der Waals surface area contributed by atoms with Crippen molar-refractivity contribution in [3.63, 3.8) is 0 Å². The van der Waals surface area contributed by atoms with Gasteiger partial charge in [-0.1, -0.05) is 18.2 Å². The molecule has 6 nitrogen and oxygen atoms in total. The third-order valence-corrected chi connectivity index (χ3v) is 4.84. The number of carbonyl (C=O) groups is 2. The number of nitrogens with zero attached hydrogens (tertiary/aromatic N) is 2.